The molecule has 1 rings (SSSR count). The second-order valence-corrected chi connectivity index (χ2v) is 2.11. The van der Waals surface area contributed by atoms with Crippen LogP contribution in [0, 0.1) is 10.1 Å². The molecular weight excluding hydrogens is 194 g/mol. The summed E-state index contributed by atoms with van der Waals surface area (Å²) < 4.78 is 0. The van der Waals surface area contributed by atoms with Gasteiger partial charge in [-0.2, -0.15) is 13.5 Å². The van der Waals surface area contributed by atoms with Crippen LogP contribution >= 0.6 is 13.5 Å². The van der Waals surface area contributed by atoms with Gasteiger partial charge in [0.15, 0.2) is 0 Å². The molecule has 0 fully saturated rings. The normalized spacial score (nSPS) is 8.62. The van der Waals surface area contributed by atoms with Crippen molar-refractivity contribution in [1.82, 2.24) is 0 Å². The Bertz CT molecular complexity index is 289. The van der Waals surface area contributed by atoms with Crippen LogP contribution in [0.4, 0.5) is 5.69 Å². The van der Waals surface area contributed by atoms with Crippen LogP contribution < -0.4 is 0 Å². The number of rotatable bonds is 2. The Morgan fingerprint density at radius 1 is 1.31 bits per heavy atom. The summed E-state index contributed by atoms with van der Waals surface area (Å²) in [5.41, 5.74) is -0.0689. The number of carbonyl (C=O) groups is 1. The number of aromatic carboxylic acids is 1. The molecule has 0 saturated heterocycles. The molecule has 13 heavy (non-hydrogen) atoms. The van der Waals surface area contributed by atoms with E-state index in [1.54, 1.807) is 0 Å². The topological polar surface area (TPSA) is 80.4 Å². The lowest BCUT2D eigenvalue weighted by Crippen LogP contribution is -1.96. The summed E-state index contributed by atoms with van der Waals surface area (Å²) in [7, 11) is 0. The number of nitro benzene ring substituents is 1. The molecule has 0 bridgehead atoms. The average molecular weight is 201 g/mol. The molecule has 0 aliphatic carbocycles. The number of hydrogen-bond acceptors (Lipinski definition) is 3. The van der Waals surface area contributed by atoms with Gasteiger partial charge >= 0.3 is 5.97 Å². The van der Waals surface area contributed by atoms with E-state index in [4.69, 9.17) is 5.11 Å². The van der Waals surface area contributed by atoms with Gasteiger partial charge in [0.2, 0.25) is 0 Å². The van der Waals surface area contributed by atoms with Gasteiger partial charge in [-0.15, -0.1) is 0 Å². The fourth-order valence-electron chi connectivity index (χ4n) is 0.726. The summed E-state index contributed by atoms with van der Waals surface area (Å²) in [5.74, 6) is -1.09. The number of benzene rings is 1. The van der Waals surface area contributed by atoms with Crippen molar-refractivity contribution in [2.24, 2.45) is 0 Å². The fourth-order valence-corrected chi connectivity index (χ4v) is 0.726. The van der Waals surface area contributed by atoms with E-state index >= 15 is 0 Å². The Balaban J connectivity index is 0.00000144. The van der Waals surface area contributed by atoms with Crippen LogP contribution in [0.2, 0.25) is 0 Å². The van der Waals surface area contributed by atoms with Crippen LogP contribution in [0.3, 0.4) is 0 Å². The first-order valence-corrected chi connectivity index (χ1v) is 3.09. The third-order valence-electron chi connectivity index (χ3n) is 1.33. The Labute approximate surface area is 80.6 Å². The lowest BCUT2D eigenvalue weighted by Gasteiger charge is -1.92. The minimum Gasteiger partial charge on any atom is -0.478 e. The lowest BCUT2D eigenvalue weighted by atomic mass is 10.2. The maximum atomic E-state index is 10.3. The third kappa shape index (κ3) is 2.75. The van der Waals surface area contributed by atoms with Gasteiger partial charge in [-0.05, 0) is 12.1 Å². The Kier molecular flexibility index (Phi) is 3.93. The smallest absolute Gasteiger partial charge is 0.335 e. The second kappa shape index (κ2) is 4.46. The van der Waals surface area contributed by atoms with Gasteiger partial charge in [0, 0.05) is 12.1 Å². The van der Waals surface area contributed by atoms with Gasteiger partial charge in [0.05, 0.1) is 10.5 Å². The lowest BCUT2D eigenvalue weighted by molar-refractivity contribution is -0.384. The molecule has 0 atom stereocenters. The van der Waals surface area contributed by atoms with E-state index in [0.29, 0.717) is 0 Å². The number of non-ortho nitro benzene ring substituents is 1. The van der Waals surface area contributed by atoms with Crippen molar-refractivity contribution in [3.05, 3.63) is 39.9 Å². The van der Waals surface area contributed by atoms with Gasteiger partial charge in [-0.1, -0.05) is 0 Å². The summed E-state index contributed by atoms with van der Waals surface area (Å²) in [6.07, 6.45) is 0. The number of nitrogens with zero attached hydrogens (tertiary/aromatic N) is 1. The molecular formula is C7H7NO4S. The first kappa shape index (κ1) is 11.4. The van der Waals surface area contributed by atoms with Crippen LogP contribution in [-0.2, 0) is 0 Å². The summed E-state index contributed by atoms with van der Waals surface area (Å²) in [6, 6.07) is 4.70. The zero-order valence-corrected chi connectivity index (χ0v) is 7.43. The molecule has 5 nitrogen and oxygen atoms in total. The van der Waals surface area contributed by atoms with Crippen molar-refractivity contribution in [3.63, 3.8) is 0 Å². The SMILES string of the molecule is O=C(O)c1ccc([N+](=O)[O-])cc1.S. The highest BCUT2D eigenvalue weighted by molar-refractivity contribution is 7.59. The van der Waals surface area contributed by atoms with E-state index in [-0.39, 0.29) is 24.7 Å². The maximum absolute atomic E-state index is 10.3. The van der Waals surface area contributed by atoms with Crippen molar-refractivity contribution in [2.45, 2.75) is 0 Å². The molecule has 0 aliphatic rings. The predicted molar refractivity (Wildman–Crippen MR) is 50.4 cm³/mol. The van der Waals surface area contributed by atoms with Crippen LogP contribution in [-0.4, -0.2) is 16.0 Å². The van der Waals surface area contributed by atoms with Crippen molar-refractivity contribution < 1.29 is 14.8 Å². The average Bonchev–Trinajstić information content (AvgIpc) is 2.04. The van der Waals surface area contributed by atoms with Crippen molar-refractivity contribution in [2.75, 3.05) is 0 Å². The monoisotopic (exact) mass is 201 g/mol. The summed E-state index contributed by atoms with van der Waals surface area (Å²) >= 11 is 0. The Morgan fingerprint density at radius 2 is 1.77 bits per heavy atom. The zero-order chi connectivity index (χ0) is 9.14. The molecule has 0 radical (unpaired) electrons. The van der Waals surface area contributed by atoms with Crippen LogP contribution in [0.25, 0.3) is 0 Å². The minimum absolute atomic E-state index is 0. The van der Waals surface area contributed by atoms with Crippen molar-refractivity contribution in [1.29, 1.82) is 0 Å². The fraction of sp³-hybridized carbons (Fsp3) is 0. The highest BCUT2D eigenvalue weighted by atomic mass is 32.1. The second-order valence-electron chi connectivity index (χ2n) is 2.11. The first-order valence-electron chi connectivity index (χ1n) is 3.09. The van der Waals surface area contributed by atoms with Gasteiger partial charge in [-0.25, -0.2) is 4.79 Å². The summed E-state index contributed by atoms with van der Waals surface area (Å²) in [6.45, 7) is 0. The van der Waals surface area contributed by atoms with Gasteiger partial charge in [0.25, 0.3) is 5.69 Å². The number of nitro groups is 1. The first-order chi connectivity index (χ1) is 5.61. The molecule has 70 valence electrons. The predicted octanol–water partition coefficient (Wildman–Crippen LogP) is 1.41. The molecule has 0 aliphatic heterocycles. The largest absolute Gasteiger partial charge is 0.478 e. The minimum atomic E-state index is -1.09. The molecule has 0 saturated carbocycles. The van der Waals surface area contributed by atoms with Crippen LogP contribution in [0.1, 0.15) is 10.4 Å². The molecule has 0 aromatic heterocycles. The highest BCUT2D eigenvalue weighted by Gasteiger charge is 2.06. The Morgan fingerprint density at radius 3 is 2.08 bits per heavy atom. The van der Waals surface area contributed by atoms with Gasteiger partial charge in [-0.3, -0.25) is 10.1 Å². The van der Waals surface area contributed by atoms with Crippen LogP contribution in [0.5, 0.6) is 0 Å². The van der Waals surface area contributed by atoms with Gasteiger partial charge in [0.1, 0.15) is 0 Å². The molecule has 0 amide bonds. The van der Waals surface area contributed by atoms with E-state index in [1.165, 1.54) is 12.1 Å². The molecule has 0 heterocycles. The number of hydrogen-bond donors (Lipinski definition) is 1. The van der Waals surface area contributed by atoms with E-state index in [2.05, 4.69) is 0 Å². The number of carboxylic acid groups (broad SMARTS) is 1. The van der Waals surface area contributed by atoms with Crippen molar-refractivity contribution in [3.8, 4) is 0 Å². The number of carboxylic acids is 1. The molecule has 1 aromatic rings. The third-order valence-corrected chi connectivity index (χ3v) is 1.33. The molecule has 1 N–H and O–H groups in total. The highest BCUT2D eigenvalue weighted by Crippen LogP contribution is 2.11. The zero-order valence-electron chi connectivity index (χ0n) is 6.43. The van der Waals surface area contributed by atoms with Crippen LogP contribution in [0.15, 0.2) is 24.3 Å². The van der Waals surface area contributed by atoms with E-state index in [0.717, 1.165) is 12.1 Å². The summed E-state index contributed by atoms with van der Waals surface area (Å²) in [5, 5.41) is 18.6. The standard InChI is InChI=1S/C7H5NO4.H2S/c9-7(10)5-1-3-6(4-2-5)8(11)12;/h1-4H,(H,9,10);1H2. The van der Waals surface area contributed by atoms with E-state index < -0.39 is 10.9 Å². The molecule has 6 heteroatoms. The van der Waals surface area contributed by atoms with Gasteiger partial charge < -0.3 is 5.11 Å². The molecule has 0 spiro atoms. The molecule has 1 aromatic carbocycles. The summed E-state index contributed by atoms with van der Waals surface area (Å²) in [4.78, 5) is 19.9. The van der Waals surface area contributed by atoms with Crippen molar-refractivity contribution >= 4 is 25.2 Å². The van der Waals surface area contributed by atoms with E-state index in [1.807, 2.05) is 0 Å². The Hall–Kier alpha value is -1.56. The van der Waals surface area contributed by atoms with E-state index in [9.17, 15) is 14.9 Å². The maximum Gasteiger partial charge on any atom is 0.335 e. The molecule has 0 unspecified atom stereocenters. The quantitative estimate of drug-likeness (QED) is 0.579.